The topological polar surface area (TPSA) is 48.1 Å². The zero-order valence-corrected chi connectivity index (χ0v) is 6.79. The third kappa shape index (κ3) is 1.68. The fourth-order valence-corrected chi connectivity index (χ4v) is 0.930. The second-order valence-corrected chi connectivity index (χ2v) is 2.29. The van der Waals surface area contributed by atoms with Crippen LogP contribution in [0.2, 0.25) is 0 Å². The first-order valence-electron chi connectivity index (χ1n) is 3.48. The zero-order valence-electron chi connectivity index (χ0n) is 6.79. The van der Waals surface area contributed by atoms with Gasteiger partial charge in [-0.15, -0.1) is 0 Å². The Bertz CT molecular complexity index is 248. The molecule has 3 nitrogen and oxygen atoms in total. The van der Waals surface area contributed by atoms with Crippen molar-refractivity contribution >= 4 is 0 Å². The molecule has 11 heavy (non-hydrogen) atoms. The highest BCUT2D eigenvalue weighted by atomic mass is 16.5. The van der Waals surface area contributed by atoms with Gasteiger partial charge >= 0.3 is 0 Å². The summed E-state index contributed by atoms with van der Waals surface area (Å²) in [5.41, 5.74) is 7.18. The Morgan fingerprint density at radius 3 is 2.73 bits per heavy atom. The highest BCUT2D eigenvalue weighted by molar-refractivity contribution is 5.27. The predicted octanol–water partition coefficient (Wildman–Crippen LogP) is 0.857. The number of nitrogens with zero attached hydrogens (tertiary/aromatic N) is 1. The van der Waals surface area contributed by atoms with E-state index < -0.39 is 0 Å². The first kappa shape index (κ1) is 8.01. The van der Waals surface area contributed by atoms with E-state index in [1.54, 1.807) is 7.11 Å². The average molecular weight is 152 g/mol. The summed E-state index contributed by atoms with van der Waals surface area (Å²) < 4.78 is 5.04. The summed E-state index contributed by atoms with van der Waals surface area (Å²) in [4.78, 5) is 4.21. The van der Waals surface area contributed by atoms with Gasteiger partial charge in [-0.05, 0) is 19.1 Å². The largest absolute Gasteiger partial charge is 0.495 e. The van der Waals surface area contributed by atoms with Crippen molar-refractivity contribution in [2.45, 2.75) is 13.5 Å². The van der Waals surface area contributed by atoms with Crippen molar-refractivity contribution in [1.82, 2.24) is 4.98 Å². The van der Waals surface area contributed by atoms with Gasteiger partial charge in [-0.2, -0.15) is 0 Å². The van der Waals surface area contributed by atoms with Crippen LogP contribution in [0, 0.1) is 6.92 Å². The summed E-state index contributed by atoms with van der Waals surface area (Å²) >= 11 is 0. The van der Waals surface area contributed by atoms with Crippen molar-refractivity contribution in [1.29, 1.82) is 0 Å². The maximum absolute atomic E-state index is 5.41. The maximum Gasteiger partial charge on any atom is 0.140 e. The zero-order chi connectivity index (χ0) is 8.27. The van der Waals surface area contributed by atoms with E-state index in [2.05, 4.69) is 4.98 Å². The number of hydrogen-bond donors (Lipinski definition) is 1. The Hall–Kier alpha value is -1.09. The van der Waals surface area contributed by atoms with Gasteiger partial charge in [-0.3, -0.25) is 4.98 Å². The standard InChI is InChI=1S/C8H12N2O/c1-6-8(11-2)4-3-7(5-9)10-6/h3-4H,5,9H2,1-2H3. The lowest BCUT2D eigenvalue weighted by atomic mass is 10.3. The Labute approximate surface area is 66.2 Å². The second-order valence-electron chi connectivity index (χ2n) is 2.29. The molecule has 1 aromatic heterocycles. The monoisotopic (exact) mass is 152 g/mol. The van der Waals surface area contributed by atoms with Crippen LogP contribution in [0.3, 0.4) is 0 Å². The van der Waals surface area contributed by atoms with E-state index in [0.29, 0.717) is 6.54 Å². The number of aryl methyl sites for hydroxylation is 1. The first-order valence-corrected chi connectivity index (χ1v) is 3.48. The van der Waals surface area contributed by atoms with E-state index in [9.17, 15) is 0 Å². The molecule has 3 heteroatoms. The van der Waals surface area contributed by atoms with E-state index in [4.69, 9.17) is 10.5 Å². The number of nitrogens with two attached hydrogens (primary N) is 1. The molecule has 1 heterocycles. The fraction of sp³-hybridized carbons (Fsp3) is 0.375. The molecule has 2 N–H and O–H groups in total. The molecule has 0 amide bonds. The molecule has 0 saturated carbocycles. The minimum absolute atomic E-state index is 0.477. The van der Waals surface area contributed by atoms with Crippen molar-refractivity contribution in [3.05, 3.63) is 23.5 Å². The van der Waals surface area contributed by atoms with Crippen LogP contribution in [-0.4, -0.2) is 12.1 Å². The summed E-state index contributed by atoms with van der Waals surface area (Å²) in [5.74, 6) is 0.808. The van der Waals surface area contributed by atoms with Crippen molar-refractivity contribution in [2.24, 2.45) is 5.73 Å². The number of rotatable bonds is 2. The highest BCUT2D eigenvalue weighted by Gasteiger charge is 1.98. The van der Waals surface area contributed by atoms with Gasteiger partial charge in [-0.25, -0.2) is 0 Å². The Morgan fingerprint density at radius 2 is 2.27 bits per heavy atom. The van der Waals surface area contributed by atoms with Crippen LogP contribution in [-0.2, 0) is 6.54 Å². The molecular formula is C8H12N2O. The van der Waals surface area contributed by atoms with Gasteiger partial charge in [0.1, 0.15) is 5.75 Å². The van der Waals surface area contributed by atoms with Gasteiger partial charge in [0.2, 0.25) is 0 Å². The number of methoxy groups -OCH3 is 1. The second kappa shape index (κ2) is 3.34. The lowest BCUT2D eigenvalue weighted by molar-refractivity contribution is 0.409. The molecule has 0 aliphatic rings. The third-order valence-corrected chi connectivity index (χ3v) is 1.52. The van der Waals surface area contributed by atoms with Crippen molar-refractivity contribution in [3.8, 4) is 5.75 Å². The van der Waals surface area contributed by atoms with Gasteiger partial charge in [-0.1, -0.05) is 0 Å². The van der Waals surface area contributed by atoms with Gasteiger partial charge in [0.25, 0.3) is 0 Å². The number of hydrogen-bond acceptors (Lipinski definition) is 3. The fourth-order valence-electron chi connectivity index (χ4n) is 0.930. The first-order chi connectivity index (χ1) is 5.27. The van der Waals surface area contributed by atoms with Crippen LogP contribution in [0.5, 0.6) is 5.75 Å². The Balaban J connectivity index is 2.99. The van der Waals surface area contributed by atoms with Crippen LogP contribution in [0.1, 0.15) is 11.4 Å². The molecule has 0 aliphatic carbocycles. The summed E-state index contributed by atoms with van der Waals surface area (Å²) in [6.07, 6.45) is 0. The third-order valence-electron chi connectivity index (χ3n) is 1.52. The molecular weight excluding hydrogens is 140 g/mol. The predicted molar refractivity (Wildman–Crippen MR) is 43.4 cm³/mol. The molecule has 0 aliphatic heterocycles. The number of pyridine rings is 1. The Kier molecular flexibility index (Phi) is 2.44. The molecule has 1 aromatic rings. The molecule has 0 atom stereocenters. The van der Waals surface area contributed by atoms with E-state index >= 15 is 0 Å². The summed E-state index contributed by atoms with van der Waals surface area (Å²) in [6, 6.07) is 3.75. The maximum atomic E-state index is 5.41. The van der Waals surface area contributed by atoms with Crippen LogP contribution in [0.25, 0.3) is 0 Å². The lowest BCUT2D eigenvalue weighted by Gasteiger charge is -2.03. The smallest absolute Gasteiger partial charge is 0.140 e. The normalized spacial score (nSPS) is 9.73. The van der Waals surface area contributed by atoms with Crippen molar-refractivity contribution in [2.75, 3.05) is 7.11 Å². The summed E-state index contributed by atoms with van der Waals surface area (Å²) in [6.45, 7) is 2.38. The van der Waals surface area contributed by atoms with Crippen LogP contribution >= 0.6 is 0 Å². The SMILES string of the molecule is COc1ccc(CN)nc1C. The van der Waals surface area contributed by atoms with Crippen LogP contribution in [0.15, 0.2) is 12.1 Å². The van der Waals surface area contributed by atoms with E-state index in [1.165, 1.54) is 0 Å². The molecule has 1 rings (SSSR count). The average Bonchev–Trinajstić information content (AvgIpc) is 2.04. The lowest BCUT2D eigenvalue weighted by Crippen LogP contribution is -2.01. The number of aromatic nitrogens is 1. The molecule has 0 saturated heterocycles. The van der Waals surface area contributed by atoms with Crippen LogP contribution < -0.4 is 10.5 Å². The molecule has 0 bridgehead atoms. The van der Waals surface area contributed by atoms with Crippen molar-refractivity contribution in [3.63, 3.8) is 0 Å². The number of ether oxygens (including phenoxy) is 1. The minimum Gasteiger partial charge on any atom is -0.495 e. The Morgan fingerprint density at radius 1 is 1.55 bits per heavy atom. The van der Waals surface area contributed by atoms with E-state index in [-0.39, 0.29) is 0 Å². The van der Waals surface area contributed by atoms with Crippen LogP contribution in [0.4, 0.5) is 0 Å². The van der Waals surface area contributed by atoms with Gasteiger partial charge < -0.3 is 10.5 Å². The molecule has 60 valence electrons. The minimum atomic E-state index is 0.477. The molecule has 0 spiro atoms. The summed E-state index contributed by atoms with van der Waals surface area (Å²) in [5, 5.41) is 0. The van der Waals surface area contributed by atoms with Gasteiger partial charge in [0.05, 0.1) is 18.5 Å². The highest BCUT2D eigenvalue weighted by Crippen LogP contribution is 2.14. The molecule has 0 unspecified atom stereocenters. The van der Waals surface area contributed by atoms with Gasteiger partial charge in [0, 0.05) is 6.54 Å². The molecule has 0 aromatic carbocycles. The molecule has 0 radical (unpaired) electrons. The van der Waals surface area contributed by atoms with Gasteiger partial charge in [0.15, 0.2) is 0 Å². The van der Waals surface area contributed by atoms with Crippen molar-refractivity contribution < 1.29 is 4.74 Å². The quantitative estimate of drug-likeness (QED) is 0.683. The molecule has 0 fully saturated rings. The summed E-state index contributed by atoms with van der Waals surface area (Å²) in [7, 11) is 1.63. The van der Waals surface area contributed by atoms with E-state index in [0.717, 1.165) is 17.1 Å². The van der Waals surface area contributed by atoms with E-state index in [1.807, 2.05) is 19.1 Å².